The maximum atomic E-state index is 5.75. The van der Waals surface area contributed by atoms with E-state index in [1.165, 1.54) is 7.40 Å². The molecule has 50 valence electrons. The van der Waals surface area contributed by atoms with E-state index < -0.39 is 0 Å². The summed E-state index contributed by atoms with van der Waals surface area (Å²) in [6.07, 6.45) is 0. The summed E-state index contributed by atoms with van der Waals surface area (Å²) in [5.74, 6) is 0. The van der Waals surface area contributed by atoms with E-state index in [2.05, 4.69) is 0 Å². The molecule has 0 saturated heterocycles. The van der Waals surface area contributed by atoms with Gasteiger partial charge in [0.1, 0.15) is 0 Å². The highest BCUT2D eigenvalue weighted by Gasteiger charge is 1.84. The van der Waals surface area contributed by atoms with E-state index in [0.717, 1.165) is 11.3 Å². The van der Waals surface area contributed by atoms with Crippen LogP contribution in [-0.4, -0.2) is 0 Å². The number of nitrogen functional groups attached to an aromatic ring is 1. The molecule has 9 heavy (non-hydrogen) atoms. The number of rotatable bonds is 0. The molecule has 0 unspecified atom stereocenters. The third-order valence-corrected chi connectivity index (χ3v) is 1.19. The third-order valence-electron chi connectivity index (χ3n) is 1.19. The number of anilines is 1. The average molecular weight is 124 g/mol. The molecule has 0 bridgehead atoms. The van der Waals surface area contributed by atoms with Gasteiger partial charge in [-0.1, -0.05) is 25.6 Å². The summed E-state index contributed by atoms with van der Waals surface area (Å²) in [7, 11) is 1.25. The van der Waals surface area contributed by atoms with Crippen molar-refractivity contribution in [3.05, 3.63) is 29.8 Å². The van der Waals surface area contributed by atoms with Gasteiger partial charge in [-0.3, -0.25) is 0 Å². The van der Waals surface area contributed by atoms with Crippen molar-refractivity contribution in [2.24, 2.45) is 0 Å². The second-order valence-electron chi connectivity index (χ2n) is 1.86. The van der Waals surface area contributed by atoms with Crippen LogP contribution in [0.1, 0.15) is 14.3 Å². The molecule has 1 aromatic rings. The average Bonchev–Trinajstić information content (AvgIpc) is 2.00. The normalized spacial score (nSPS) is 8.89. The highest BCUT2D eigenvalue weighted by Crippen LogP contribution is 2.06. The topological polar surface area (TPSA) is 26.0 Å². The fourth-order valence-electron chi connectivity index (χ4n) is 0.587. The second kappa shape index (κ2) is 3.13. The molecule has 0 heterocycles. The van der Waals surface area contributed by atoms with Crippen molar-refractivity contribution < 1.29 is 1.37 Å². The molecule has 1 aromatic carbocycles. The summed E-state index contributed by atoms with van der Waals surface area (Å²) in [5.41, 5.74) is 7.53. The van der Waals surface area contributed by atoms with Gasteiger partial charge in [0.2, 0.25) is 0 Å². The maximum Gasteiger partial charge on any atom is 0.0343 e. The van der Waals surface area contributed by atoms with Crippen LogP contribution in [0.15, 0.2) is 24.3 Å². The first-order valence-corrected chi connectivity index (χ1v) is 2.62. The van der Waals surface area contributed by atoms with E-state index in [9.17, 15) is 0 Å². The molecular formula is C8H13N. The van der Waals surface area contributed by atoms with Gasteiger partial charge in [0.05, 0.1) is 0 Å². The highest BCUT2D eigenvalue weighted by molar-refractivity contribution is 5.44. The van der Waals surface area contributed by atoms with Crippen LogP contribution < -0.4 is 5.73 Å². The molecule has 0 radical (unpaired) electrons. The smallest absolute Gasteiger partial charge is 0.0343 e. The van der Waals surface area contributed by atoms with Crippen LogP contribution in [0.3, 0.4) is 0 Å². The SMILES string of the molecule is Cc1ccccc1N.[2H]C. The minimum absolute atomic E-state index is 0.868. The van der Waals surface area contributed by atoms with Crippen LogP contribution in [0.2, 0.25) is 0 Å². The van der Waals surface area contributed by atoms with Crippen molar-refractivity contribution in [1.29, 1.82) is 0 Å². The van der Waals surface area contributed by atoms with Gasteiger partial charge in [-0.15, -0.1) is 0 Å². The van der Waals surface area contributed by atoms with Gasteiger partial charge >= 0.3 is 0 Å². The van der Waals surface area contributed by atoms with E-state index in [1.54, 1.807) is 0 Å². The standard InChI is InChI=1S/C7H9N.CH4/c1-6-4-2-3-5-7(6)8;/h2-5H,8H2,1H3;1H4/i;1D. The molecule has 0 aliphatic heterocycles. The summed E-state index contributed by atoms with van der Waals surface area (Å²) in [4.78, 5) is 0. The first-order chi connectivity index (χ1) is 4.80. The van der Waals surface area contributed by atoms with Gasteiger partial charge < -0.3 is 5.73 Å². The van der Waals surface area contributed by atoms with Crippen molar-refractivity contribution in [1.82, 2.24) is 0 Å². The Balaban J connectivity index is 0.000000371. The highest BCUT2D eigenvalue weighted by atomic mass is 14.5. The van der Waals surface area contributed by atoms with Crippen LogP contribution >= 0.6 is 0 Å². The molecule has 0 atom stereocenters. The predicted octanol–water partition coefficient (Wildman–Crippen LogP) is 2.21. The lowest BCUT2D eigenvalue weighted by atomic mass is 10.2. The van der Waals surface area contributed by atoms with Crippen molar-refractivity contribution >= 4 is 5.69 Å². The number of hydrogen-bond donors (Lipinski definition) is 1. The molecule has 2 N–H and O–H groups in total. The van der Waals surface area contributed by atoms with Gasteiger partial charge in [0.25, 0.3) is 0 Å². The van der Waals surface area contributed by atoms with E-state index in [0.29, 0.717) is 0 Å². The van der Waals surface area contributed by atoms with Gasteiger partial charge in [-0.05, 0) is 18.6 Å². The van der Waals surface area contributed by atoms with Crippen molar-refractivity contribution in [3.8, 4) is 0 Å². The van der Waals surface area contributed by atoms with Crippen LogP contribution in [-0.2, 0) is 0 Å². The summed E-state index contributed by atoms with van der Waals surface area (Å²) < 4.78 is 5.75. The zero-order valence-corrected chi connectivity index (χ0v) is 5.89. The molecular weight excluding hydrogens is 110 g/mol. The lowest BCUT2D eigenvalue weighted by Gasteiger charge is -1.93. The zero-order chi connectivity index (χ0) is 7.98. The Hall–Kier alpha value is -0.980. The first-order valence-electron chi connectivity index (χ1n) is 3.62. The van der Waals surface area contributed by atoms with Crippen molar-refractivity contribution in [2.75, 3.05) is 5.73 Å². The van der Waals surface area contributed by atoms with Crippen molar-refractivity contribution in [3.63, 3.8) is 0 Å². The number of hydrogen-bond acceptors (Lipinski definition) is 1. The molecule has 0 fully saturated rings. The Labute approximate surface area is 57.9 Å². The molecule has 0 saturated carbocycles. The van der Waals surface area contributed by atoms with E-state index in [1.807, 2.05) is 31.2 Å². The molecule has 1 heteroatoms. The number of aryl methyl sites for hydroxylation is 1. The van der Waals surface area contributed by atoms with Crippen molar-refractivity contribution in [2.45, 2.75) is 14.3 Å². The largest absolute Gasteiger partial charge is 0.399 e. The third kappa shape index (κ3) is 1.76. The number of para-hydroxylation sites is 1. The zero-order valence-electron chi connectivity index (χ0n) is 6.89. The minimum Gasteiger partial charge on any atom is -0.399 e. The van der Waals surface area contributed by atoms with Gasteiger partial charge in [0, 0.05) is 7.06 Å². The van der Waals surface area contributed by atoms with E-state index in [-0.39, 0.29) is 0 Å². The quantitative estimate of drug-likeness (QED) is 0.527. The van der Waals surface area contributed by atoms with Crippen LogP contribution in [0, 0.1) is 6.92 Å². The van der Waals surface area contributed by atoms with E-state index >= 15 is 0 Å². The summed E-state index contributed by atoms with van der Waals surface area (Å²) in [6, 6.07) is 7.80. The maximum absolute atomic E-state index is 5.75. The van der Waals surface area contributed by atoms with Crippen LogP contribution in [0.5, 0.6) is 0 Å². The van der Waals surface area contributed by atoms with Gasteiger partial charge in [-0.25, -0.2) is 0 Å². The Morgan fingerprint density at radius 2 is 2.00 bits per heavy atom. The minimum atomic E-state index is 0.868. The molecule has 1 nitrogen and oxygen atoms in total. The van der Waals surface area contributed by atoms with Gasteiger partial charge in [0.15, 0.2) is 0 Å². The fraction of sp³-hybridized carbons (Fsp3) is 0.250. The van der Waals surface area contributed by atoms with Crippen LogP contribution in [0.25, 0.3) is 0 Å². The molecule has 0 aliphatic carbocycles. The summed E-state index contributed by atoms with van der Waals surface area (Å²) in [5, 5.41) is 0. The summed E-state index contributed by atoms with van der Waals surface area (Å²) in [6.45, 7) is 2.00. The van der Waals surface area contributed by atoms with Gasteiger partial charge in [-0.2, -0.15) is 0 Å². The fourth-order valence-corrected chi connectivity index (χ4v) is 0.587. The molecule has 0 amide bonds. The Morgan fingerprint density at radius 1 is 1.44 bits per heavy atom. The number of nitrogens with two attached hydrogens (primary N) is 1. The second-order valence-corrected chi connectivity index (χ2v) is 1.86. The Kier molecular flexibility index (Phi) is 2.13. The predicted molar refractivity (Wildman–Crippen MR) is 42.3 cm³/mol. The molecule has 1 rings (SSSR count). The Bertz CT molecular complexity index is 165. The molecule has 0 aromatic heterocycles. The monoisotopic (exact) mass is 124 g/mol. The first kappa shape index (κ1) is 6.14. The summed E-state index contributed by atoms with van der Waals surface area (Å²) >= 11 is 0. The van der Waals surface area contributed by atoms with E-state index in [4.69, 9.17) is 7.10 Å². The lowest BCUT2D eigenvalue weighted by molar-refractivity contribution is 1.47. The Morgan fingerprint density at radius 3 is 2.33 bits per heavy atom. The van der Waals surface area contributed by atoms with Crippen LogP contribution in [0.4, 0.5) is 5.69 Å². The lowest BCUT2D eigenvalue weighted by Crippen LogP contribution is -1.85. The molecule has 0 aliphatic rings. The number of benzene rings is 1. The molecule has 0 spiro atoms.